The van der Waals surface area contributed by atoms with Crippen LogP contribution in [0.2, 0.25) is 0 Å². The largest absolute Gasteiger partial charge is 0.392 e. The van der Waals surface area contributed by atoms with E-state index in [-0.39, 0.29) is 6.10 Å². The van der Waals surface area contributed by atoms with E-state index in [1.165, 1.54) is 17.6 Å². The molecule has 2 heterocycles. The van der Waals surface area contributed by atoms with E-state index in [4.69, 9.17) is 0 Å². The molecule has 0 bridgehead atoms. The Labute approximate surface area is 111 Å². The molecule has 1 N–H and O–H groups in total. The summed E-state index contributed by atoms with van der Waals surface area (Å²) >= 11 is 1.90. The zero-order chi connectivity index (χ0) is 12.5. The lowest BCUT2D eigenvalue weighted by molar-refractivity contribution is 0.169. The summed E-state index contributed by atoms with van der Waals surface area (Å²) < 4.78 is 1.90. The quantitative estimate of drug-likeness (QED) is 0.923. The minimum absolute atomic E-state index is 0.268. The number of nitrogens with zero attached hydrogens (tertiary/aromatic N) is 2. The first kappa shape index (κ1) is 12.1. The molecule has 1 aromatic carbocycles. The van der Waals surface area contributed by atoms with Gasteiger partial charge in [0.25, 0.3) is 0 Å². The fraction of sp³-hybridized carbons (Fsp3) is 0.500. The van der Waals surface area contributed by atoms with E-state index in [9.17, 15) is 5.11 Å². The van der Waals surface area contributed by atoms with Gasteiger partial charge in [-0.3, -0.25) is 4.68 Å². The molecule has 2 atom stereocenters. The SMILES string of the molecule is Cn1nc(CC(O)C2CCCS2)c2ccccc21. The molecule has 1 saturated heterocycles. The van der Waals surface area contributed by atoms with Crippen LogP contribution in [-0.2, 0) is 13.5 Å². The number of aromatic nitrogens is 2. The van der Waals surface area contributed by atoms with Crippen molar-refractivity contribution in [3.05, 3.63) is 30.0 Å². The Morgan fingerprint density at radius 3 is 3.11 bits per heavy atom. The van der Waals surface area contributed by atoms with Gasteiger partial charge in [-0.1, -0.05) is 18.2 Å². The van der Waals surface area contributed by atoms with E-state index in [2.05, 4.69) is 17.2 Å². The number of aliphatic hydroxyl groups is 1. The average molecular weight is 262 g/mol. The second kappa shape index (κ2) is 4.94. The Balaban J connectivity index is 1.86. The van der Waals surface area contributed by atoms with Gasteiger partial charge in [0.15, 0.2) is 0 Å². The van der Waals surface area contributed by atoms with Crippen LogP contribution in [0.4, 0.5) is 0 Å². The maximum atomic E-state index is 10.3. The van der Waals surface area contributed by atoms with Crippen molar-refractivity contribution in [1.29, 1.82) is 0 Å². The van der Waals surface area contributed by atoms with Crippen molar-refractivity contribution in [2.75, 3.05) is 5.75 Å². The number of fused-ring (bicyclic) bond motifs is 1. The molecule has 4 heteroatoms. The van der Waals surface area contributed by atoms with Crippen LogP contribution >= 0.6 is 11.8 Å². The lowest BCUT2D eigenvalue weighted by Gasteiger charge is -2.15. The van der Waals surface area contributed by atoms with Crippen LogP contribution in [0.3, 0.4) is 0 Å². The molecule has 1 aromatic heterocycles. The van der Waals surface area contributed by atoms with E-state index >= 15 is 0 Å². The highest BCUT2D eigenvalue weighted by Crippen LogP contribution is 2.30. The van der Waals surface area contributed by atoms with Gasteiger partial charge in [0.05, 0.1) is 17.3 Å². The van der Waals surface area contributed by atoms with Gasteiger partial charge in [-0.2, -0.15) is 16.9 Å². The number of aryl methyl sites for hydroxylation is 1. The number of benzene rings is 1. The first-order valence-corrected chi connectivity index (χ1v) is 7.51. The number of aliphatic hydroxyl groups excluding tert-OH is 1. The molecule has 1 aliphatic rings. The molecule has 96 valence electrons. The van der Waals surface area contributed by atoms with Gasteiger partial charge in [-0.05, 0) is 24.7 Å². The molecule has 0 spiro atoms. The zero-order valence-electron chi connectivity index (χ0n) is 10.5. The van der Waals surface area contributed by atoms with Crippen LogP contribution in [0.1, 0.15) is 18.5 Å². The van der Waals surface area contributed by atoms with Gasteiger partial charge >= 0.3 is 0 Å². The molecular weight excluding hydrogens is 244 g/mol. The molecule has 2 unspecified atom stereocenters. The van der Waals surface area contributed by atoms with Gasteiger partial charge in [0.1, 0.15) is 0 Å². The fourth-order valence-electron chi connectivity index (χ4n) is 2.68. The second-order valence-electron chi connectivity index (χ2n) is 4.91. The maximum absolute atomic E-state index is 10.3. The molecule has 2 aromatic rings. The Hall–Kier alpha value is -1.00. The molecule has 1 aliphatic heterocycles. The third kappa shape index (κ3) is 2.15. The molecule has 3 rings (SSSR count). The number of hydrogen-bond acceptors (Lipinski definition) is 3. The minimum Gasteiger partial charge on any atom is -0.392 e. The van der Waals surface area contributed by atoms with Crippen molar-refractivity contribution in [1.82, 2.24) is 9.78 Å². The second-order valence-corrected chi connectivity index (χ2v) is 6.26. The van der Waals surface area contributed by atoms with Crippen molar-refractivity contribution in [3.63, 3.8) is 0 Å². The summed E-state index contributed by atoms with van der Waals surface area (Å²) in [6.45, 7) is 0. The smallest absolute Gasteiger partial charge is 0.0729 e. The average Bonchev–Trinajstić information content (AvgIpc) is 3.00. The summed E-state index contributed by atoms with van der Waals surface area (Å²) in [4.78, 5) is 0. The summed E-state index contributed by atoms with van der Waals surface area (Å²) in [5, 5.41) is 16.4. The van der Waals surface area contributed by atoms with Crippen molar-refractivity contribution >= 4 is 22.7 Å². The van der Waals surface area contributed by atoms with Gasteiger partial charge < -0.3 is 5.11 Å². The standard InChI is InChI=1S/C14H18N2OS/c1-16-12-6-3-2-5-10(12)11(15-16)9-13(17)14-7-4-8-18-14/h2-3,5-6,13-14,17H,4,7-9H2,1H3. The highest BCUT2D eigenvalue weighted by molar-refractivity contribution is 8.00. The molecule has 18 heavy (non-hydrogen) atoms. The molecule has 3 nitrogen and oxygen atoms in total. The molecule has 1 fully saturated rings. The normalized spacial score (nSPS) is 21.6. The van der Waals surface area contributed by atoms with Crippen molar-refractivity contribution in [2.24, 2.45) is 7.05 Å². The van der Waals surface area contributed by atoms with Crippen molar-refractivity contribution in [2.45, 2.75) is 30.6 Å². The topological polar surface area (TPSA) is 38.0 Å². The predicted octanol–water partition coefficient (Wildman–Crippen LogP) is 2.37. The van der Waals surface area contributed by atoms with Crippen LogP contribution in [-0.4, -0.2) is 32.0 Å². The number of hydrogen-bond donors (Lipinski definition) is 1. The molecule has 0 radical (unpaired) electrons. The number of para-hydroxylation sites is 1. The summed E-state index contributed by atoms with van der Waals surface area (Å²) in [6, 6.07) is 8.22. The monoisotopic (exact) mass is 262 g/mol. The first-order chi connectivity index (χ1) is 8.75. The fourth-order valence-corrected chi connectivity index (χ4v) is 3.96. The lowest BCUT2D eigenvalue weighted by Crippen LogP contribution is -2.23. The summed E-state index contributed by atoms with van der Waals surface area (Å²) in [5.41, 5.74) is 2.16. The van der Waals surface area contributed by atoms with Crippen LogP contribution < -0.4 is 0 Å². The van der Waals surface area contributed by atoms with Gasteiger partial charge in [-0.15, -0.1) is 0 Å². The number of rotatable bonds is 3. The van der Waals surface area contributed by atoms with E-state index in [1.54, 1.807) is 0 Å². The summed E-state index contributed by atoms with van der Waals surface area (Å²) in [5.74, 6) is 1.19. The third-order valence-corrected chi connectivity index (χ3v) is 5.13. The predicted molar refractivity (Wildman–Crippen MR) is 75.9 cm³/mol. The molecule has 0 saturated carbocycles. The Morgan fingerprint density at radius 2 is 2.33 bits per heavy atom. The van der Waals surface area contributed by atoms with Crippen molar-refractivity contribution in [3.8, 4) is 0 Å². The summed E-state index contributed by atoms with van der Waals surface area (Å²) in [6.07, 6.45) is 2.76. The van der Waals surface area contributed by atoms with E-state index in [1.807, 2.05) is 35.6 Å². The first-order valence-electron chi connectivity index (χ1n) is 6.46. The molecular formula is C14H18N2OS. The highest BCUT2D eigenvalue weighted by Gasteiger charge is 2.25. The third-order valence-electron chi connectivity index (χ3n) is 3.63. The Bertz CT molecular complexity index is 546. The zero-order valence-corrected chi connectivity index (χ0v) is 11.4. The highest BCUT2D eigenvalue weighted by atomic mass is 32.2. The van der Waals surface area contributed by atoms with Gasteiger partial charge in [0, 0.05) is 24.1 Å². The molecule has 0 amide bonds. The van der Waals surface area contributed by atoms with Crippen LogP contribution in [0.15, 0.2) is 24.3 Å². The maximum Gasteiger partial charge on any atom is 0.0729 e. The van der Waals surface area contributed by atoms with E-state index in [0.717, 1.165) is 17.6 Å². The summed E-state index contributed by atoms with van der Waals surface area (Å²) in [7, 11) is 1.96. The van der Waals surface area contributed by atoms with E-state index < -0.39 is 0 Å². The van der Waals surface area contributed by atoms with Crippen LogP contribution in [0, 0.1) is 0 Å². The van der Waals surface area contributed by atoms with E-state index in [0.29, 0.717) is 11.7 Å². The Morgan fingerprint density at radius 1 is 1.50 bits per heavy atom. The number of thioether (sulfide) groups is 1. The van der Waals surface area contributed by atoms with Crippen LogP contribution in [0.5, 0.6) is 0 Å². The van der Waals surface area contributed by atoms with Gasteiger partial charge in [0.2, 0.25) is 0 Å². The minimum atomic E-state index is -0.268. The van der Waals surface area contributed by atoms with Crippen molar-refractivity contribution < 1.29 is 5.11 Å². The van der Waals surface area contributed by atoms with Crippen LogP contribution in [0.25, 0.3) is 10.9 Å². The van der Waals surface area contributed by atoms with Gasteiger partial charge in [-0.25, -0.2) is 0 Å². The lowest BCUT2D eigenvalue weighted by atomic mass is 10.1. The molecule has 0 aliphatic carbocycles. The Kier molecular flexibility index (Phi) is 3.31.